The van der Waals surface area contributed by atoms with Crippen LogP contribution in [0.25, 0.3) is 0 Å². The zero-order chi connectivity index (χ0) is 20.5. The van der Waals surface area contributed by atoms with Gasteiger partial charge in [-0.05, 0) is 72.1 Å². The number of aliphatic imine (C=N–C) groups is 1. The van der Waals surface area contributed by atoms with E-state index in [1.165, 1.54) is 0 Å². The highest BCUT2D eigenvalue weighted by atomic mass is 35.5. The summed E-state index contributed by atoms with van der Waals surface area (Å²) in [6, 6.07) is 5.57. The Labute approximate surface area is 169 Å². The van der Waals surface area contributed by atoms with E-state index in [9.17, 15) is 0 Å². The van der Waals surface area contributed by atoms with E-state index in [2.05, 4.69) is 58.9 Å². The van der Waals surface area contributed by atoms with Crippen molar-refractivity contribution in [3.05, 3.63) is 41.2 Å². The zero-order valence-corrected chi connectivity index (χ0v) is 19.3. The number of hydrogen-bond acceptors (Lipinski definition) is 4. The van der Waals surface area contributed by atoms with Crippen LogP contribution in [0.5, 0.6) is 5.75 Å². The van der Waals surface area contributed by atoms with Crippen molar-refractivity contribution in [3.63, 3.8) is 0 Å². The fourth-order valence-corrected chi connectivity index (χ4v) is 4.45. The number of halogens is 1. The molecule has 2 rings (SSSR count). The molecule has 1 heterocycles. The van der Waals surface area contributed by atoms with Gasteiger partial charge in [-0.25, -0.2) is 4.99 Å². The van der Waals surface area contributed by atoms with E-state index in [1.807, 2.05) is 18.2 Å². The maximum Gasteiger partial charge on any atom is 0.244 e. The molecule has 1 aromatic rings. The van der Waals surface area contributed by atoms with Crippen molar-refractivity contribution < 1.29 is 13.9 Å². The second kappa shape index (κ2) is 7.98. The van der Waals surface area contributed by atoms with Crippen molar-refractivity contribution in [2.75, 3.05) is 0 Å². The third-order valence-corrected chi connectivity index (χ3v) is 5.11. The Hall–Kier alpha value is -1.30. The average molecular weight is 410 g/mol. The molecule has 0 amide bonds. The number of ether oxygens (including phenoxy) is 2. The average Bonchev–Trinajstić information content (AvgIpc) is 2.42. The summed E-state index contributed by atoms with van der Waals surface area (Å²) in [5, 5.41) is 0.633. The van der Waals surface area contributed by atoms with Gasteiger partial charge in [0, 0.05) is 29.6 Å². The molecule has 0 bridgehead atoms. The number of nitrogens with zero attached hydrogens (tertiary/aromatic N) is 1. The van der Waals surface area contributed by atoms with Crippen LogP contribution in [-0.4, -0.2) is 31.8 Å². The van der Waals surface area contributed by atoms with Crippen LogP contribution < -0.4 is 4.74 Å². The highest BCUT2D eigenvalue weighted by molar-refractivity contribution is 6.70. The van der Waals surface area contributed by atoms with E-state index in [4.69, 9.17) is 25.5 Å². The van der Waals surface area contributed by atoms with Gasteiger partial charge >= 0.3 is 0 Å². The van der Waals surface area contributed by atoms with E-state index < -0.39 is 8.32 Å². The molecule has 1 aliphatic rings. The molecule has 0 unspecified atom stereocenters. The summed E-state index contributed by atoms with van der Waals surface area (Å²) in [4.78, 5) is 4.36. The molecule has 27 heavy (non-hydrogen) atoms. The van der Waals surface area contributed by atoms with Gasteiger partial charge in [-0.3, -0.25) is 0 Å². The molecule has 0 N–H and O–H groups in total. The first-order chi connectivity index (χ1) is 12.2. The van der Waals surface area contributed by atoms with E-state index in [1.54, 1.807) is 6.21 Å². The molecule has 0 saturated carbocycles. The first-order valence-corrected chi connectivity index (χ1v) is 13.1. The van der Waals surface area contributed by atoms with Crippen LogP contribution in [0.2, 0.25) is 24.7 Å². The monoisotopic (exact) mass is 409 g/mol. The molecule has 1 aliphatic heterocycles. The lowest BCUT2D eigenvalue weighted by Gasteiger charge is -2.45. The second-order valence-corrected chi connectivity index (χ2v) is 14.2. The van der Waals surface area contributed by atoms with Crippen LogP contribution in [-0.2, 0) is 9.16 Å². The van der Waals surface area contributed by atoms with Crippen LogP contribution in [0, 0.1) is 0 Å². The van der Waals surface area contributed by atoms with E-state index >= 15 is 0 Å². The summed E-state index contributed by atoms with van der Waals surface area (Å²) in [5.74, 6) is 1.16. The predicted octanol–water partition coefficient (Wildman–Crippen LogP) is 6.20. The Bertz CT molecular complexity index is 707. The number of hydrogen-bond donors (Lipinski definition) is 0. The minimum atomic E-state index is -1.73. The quantitative estimate of drug-likeness (QED) is 0.319. The van der Waals surface area contributed by atoms with Gasteiger partial charge < -0.3 is 13.9 Å². The second-order valence-electron chi connectivity index (χ2n) is 9.32. The Kier molecular flexibility index (Phi) is 6.50. The zero-order valence-electron chi connectivity index (χ0n) is 17.6. The van der Waals surface area contributed by atoms with Crippen LogP contribution in [0.3, 0.4) is 0 Å². The smallest absolute Gasteiger partial charge is 0.244 e. The summed E-state index contributed by atoms with van der Waals surface area (Å²) < 4.78 is 18.3. The van der Waals surface area contributed by atoms with Crippen LogP contribution in [0.4, 0.5) is 0 Å². The summed E-state index contributed by atoms with van der Waals surface area (Å²) in [7, 11) is -1.73. The minimum Gasteiger partial charge on any atom is -0.532 e. The van der Waals surface area contributed by atoms with Gasteiger partial charge in [0.1, 0.15) is 11.9 Å². The molecule has 0 aromatic heterocycles. The Morgan fingerprint density at radius 2 is 1.81 bits per heavy atom. The Morgan fingerprint density at radius 1 is 1.22 bits per heavy atom. The topological polar surface area (TPSA) is 40.0 Å². The lowest BCUT2D eigenvalue weighted by molar-refractivity contribution is -0.182. The van der Waals surface area contributed by atoms with Gasteiger partial charge in [-0.2, -0.15) is 0 Å². The van der Waals surface area contributed by atoms with E-state index in [-0.39, 0.29) is 17.3 Å². The maximum atomic E-state index is 6.35. The van der Waals surface area contributed by atoms with Gasteiger partial charge in [-0.15, -0.1) is 0 Å². The van der Waals surface area contributed by atoms with Crippen LogP contribution in [0.1, 0.15) is 46.1 Å². The third-order valence-electron chi connectivity index (χ3n) is 4.03. The molecule has 1 saturated heterocycles. The lowest BCUT2D eigenvalue weighted by Crippen LogP contribution is -2.49. The molecule has 150 valence electrons. The summed E-state index contributed by atoms with van der Waals surface area (Å²) in [6.07, 6.45) is 3.40. The lowest BCUT2D eigenvalue weighted by atomic mass is 9.87. The van der Waals surface area contributed by atoms with Gasteiger partial charge in [0.05, 0.1) is 11.2 Å². The third kappa shape index (κ3) is 7.32. The van der Waals surface area contributed by atoms with Crippen molar-refractivity contribution in [1.82, 2.24) is 0 Å². The predicted molar refractivity (Wildman–Crippen MR) is 116 cm³/mol. The fourth-order valence-electron chi connectivity index (χ4n) is 3.51. The summed E-state index contributed by atoms with van der Waals surface area (Å²) >= 11 is 6.19. The Morgan fingerprint density at radius 3 is 2.37 bits per heavy atom. The molecule has 6 heteroatoms. The molecular formula is C21H32ClNO3Si. The number of rotatable bonds is 6. The molecular weight excluding hydrogens is 378 g/mol. The van der Waals surface area contributed by atoms with Gasteiger partial charge in [-0.1, -0.05) is 11.6 Å². The molecule has 0 aliphatic carbocycles. The molecule has 4 nitrogen and oxygen atoms in total. The maximum absolute atomic E-state index is 6.35. The van der Waals surface area contributed by atoms with Crippen molar-refractivity contribution in [2.24, 2.45) is 4.99 Å². The largest absolute Gasteiger partial charge is 0.532 e. The summed E-state index contributed by atoms with van der Waals surface area (Å²) in [5.41, 5.74) is 0.351. The molecule has 0 radical (unpaired) electrons. The van der Waals surface area contributed by atoms with Crippen molar-refractivity contribution in [1.29, 1.82) is 0 Å². The SMILES string of the molecule is C=C(/N=C/c1cc(Cl)ccc1OC1CC(C)(C)OC(C)(C)C1)O[Si](C)(C)C. The minimum absolute atomic E-state index is 0.0542. The summed E-state index contributed by atoms with van der Waals surface area (Å²) in [6.45, 7) is 18.6. The van der Waals surface area contributed by atoms with Crippen molar-refractivity contribution in [2.45, 2.75) is 77.5 Å². The van der Waals surface area contributed by atoms with Gasteiger partial charge in [0.15, 0.2) is 5.88 Å². The Balaban J connectivity index is 2.19. The highest BCUT2D eigenvalue weighted by Gasteiger charge is 2.40. The van der Waals surface area contributed by atoms with E-state index in [0.29, 0.717) is 10.9 Å². The molecule has 0 spiro atoms. The van der Waals surface area contributed by atoms with Crippen molar-refractivity contribution >= 4 is 26.1 Å². The van der Waals surface area contributed by atoms with Crippen molar-refractivity contribution in [3.8, 4) is 5.75 Å². The highest BCUT2D eigenvalue weighted by Crippen LogP contribution is 2.37. The normalized spacial score (nSPS) is 19.9. The molecule has 0 atom stereocenters. The van der Waals surface area contributed by atoms with Gasteiger partial charge in [0.25, 0.3) is 0 Å². The van der Waals surface area contributed by atoms with Crippen LogP contribution >= 0.6 is 11.6 Å². The fraction of sp³-hybridized carbons (Fsp3) is 0.571. The van der Waals surface area contributed by atoms with Gasteiger partial charge in [0.2, 0.25) is 8.32 Å². The van der Waals surface area contributed by atoms with E-state index in [0.717, 1.165) is 24.2 Å². The first kappa shape index (κ1) is 22.0. The molecule has 1 fully saturated rings. The first-order valence-electron chi connectivity index (χ1n) is 9.33. The molecule has 1 aromatic carbocycles. The number of benzene rings is 1. The van der Waals surface area contributed by atoms with Crippen LogP contribution in [0.15, 0.2) is 35.7 Å². The standard InChI is InChI=1S/C21H32ClNO3Si/c1-15(25-27(6,7)8)23-14-16-11-17(22)9-10-19(16)24-18-12-20(2,3)26-21(4,5)13-18/h9-11,14,18H,1,12-13H2,2-8H3/b23-14+.